The zero-order chi connectivity index (χ0) is 34.1. The lowest BCUT2D eigenvalue weighted by Crippen LogP contribution is -2.50. The molecule has 1 heterocycles. The van der Waals surface area contributed by atoms with Crippen molar-refractivity contribution >= 4 is 52.1 Å². The average molecular weight is 702 g/mol. The zero-order valence-electron chi connectivity index (χ0n) is 25.7. The van der Waals surface area contributed by atoms with Crippen LogP contribution in [0, 0.1) is 17.2 Å². The Morgan fingerprint density at radius 1 is 1.13 bits per heavy atom. The van der Waals surface area contributed by atoms with Gasteiger partial charge in [-0.3, -0.25) is 4.79 Å². The highest BCUT2D eigenvalue weighted by Crippen LogP contribution is 2.33. The van der Waals surface area contributed by atoms with E-state index in [1.807, 2.05) is 30.5 Å². The molecule has 0 saturated carbocycles. The van der Waals surface area contributed by atoms with Crippen LogP contribution in [0.2, 0.25) is 10.0 Å². The number of anilines is 1. The molecule has 3 aromatic carbocycles. The molecule has 246 valence electrons. The largest absolute Gasteiger partial charge is 0.416 e. The summed E-state index contributed by atoms with van der Waals surface area (Å²) in [4.78, 5) is 19.3. The molecule has 7 nitrogen and oxygen atoms in total. The first-order valence-corrected chi connectivity index (χ1v) is 16.0. The van der Waals surface area contributed by atoms with E-state index in [2.05, 4.69) is 21.7 Å². The van der Waals surface area contributed by atoms with E-state index in [0.717, 1.165) is 11.6 Å². The number of nitriles is 1. The van der Waals surface area contributed by atoms with E-state index < -0.39 is 17.8 Å². The highest BCUT2D eigenvalue weighted by Gasteiger charge is 2.34. The first kappa shape index (κ1) is 35.7. The van der Waals surface area contributed by atoms with Gasteiger partial charge in [0.1, 0.15) is 0 Å². The first-order chi connectivity index (χ1) is 22.4. The summed E-state index contributed by atoms with van der Waals surface area (Å²) in [5.74, 6) is -0.322. The molecule has 0 spiro atoms. The number of carbonyl (C=O) groups is 1. The topological polar surface area (TPSA) is 86.0 Å². The molecular weight excluding hydrogens is 668 g/mol. The van der Waals surface area contributed by atoms with Crippen LogP contribution < -0.4 is 10.6 Å². The van der Waals surface area contributed by atoms with Gasteiger partial charge in [-0.1, -0.05) is 73.8 Å². The standard InChI is InChI=1S/C34H33Cl2F3N6OS/c1-3-22(2)31(42-32(46)15-27-17-41-21-45(27)18-24-10-8-23(16-40)9-11-24)20-44(19-25-6-4-5-7-28(25)34(37,38)39)33(47)43-30-13-12-26(35)14-29(30)36/h4-14,17,21-22,31H,3,15,18-20H2,1-2H3,(H,42,46)(H,43,47)/t22-,31+/m0/s1. The van der Waals surface area contributed by atoms with Gasteiger partial charge in [-0.15, -0.1) is 0 Å². The first-order valence-electron chi connectivity index (χ1n) is 14.8. The van der Waals surface area contributed by atoms with Crippen molar-refractivity contribution in [3.63, 3.8) is 0 Å². The number of nitrogens with one attached hydrogen (secondary N) is 2. The van der Waals surface area contributed by atoms with E-state index in [9.17, 15) is 18.0 Å². The summed E-state index contributed by atoms with van der Waals surface area (Å²) in [7, 11) is 0. The lowest BCUT2D eigenvalue weighted by atomic mass is 9.97. The van der Waals surface area contributed by atoms with Crippen molar-refractivity contribution in [2.24, 2.45) is 5.92 Å². The third-order valence-corrected chi connectivity index (χ3v) is 8.72. The van der Waals surface area contributed by atoms with E-state index >= 15 is 0 Å². The smallest absolute Gasteiger partial charge is 0.351 e. The van der Waals surface area contributed by atoms with Gasteiger partial charge in [0.05, 0.1) is 40.7 Å². The van der Waals surface area contributed by atoms with Crippen LogP contribution in [0.25, 0.3) is 0 Å². The summed E-state index contributed by atoms with van der Waals surface area (Å²) in [5, 5.41) is 16.1. The Bertz CT molecular complexity index is 1740. The lowest BCUT2D eigenvalue weighted by molar-refractivity contribution is -0.138. The normalized spacial score (nSPS) is 12.6. The van der Waals surface area contributed by atoms with E-state index in [1.165, 1.54) is 18.2 Å². The third-order valence-electron chi connectivity index (χ3n) is 7.81. The predicted octanol–water partition coefficient (Wildman–Crippen LogP) is 8.10. The van der Waals surface area contributed by atoms with Crippen LogP contribution in [-0.2, 0) is 30.5 Å². The van der Waals surface area contributed by atoms with Gasteiger partial charge in [0.15, 0.2) is 5.11 Å². The molecule has 0 bridgehead atoms. The second kappa shape index (κ2) is 16.1. The molecule has 13 heteroatoms. The minimum Gasteiger partial charge on any atom is -0.351 e. The fourth-order valence-corrected chi connectivity index (χ4v) is 5.68. The Kier molecular flexibility index (Phi) is 12.3. The number of thiocarbonyl (C=S) groups is 1. The molecule has 0 fully saturated rings. The van der Waals surface area contributed by atoms with Gasteiger partial charge in [-0.05, 0) is 65.7 Å². The van der Waals surface area contributed by atoms with Crippen LogP contribution in [-0.4, -0.2) is 38.1 Å². The maximum atomic E-state index is 14.0. The Labute approximate surface area is 287 Å². The van der Waals surface area contributed by atoms with E-state index in [4.69, 9.17) is 40.7 Å². The molecule has 1 amide bonds. The second-order valence-corrected chi connectivity index (χ2v) is 12.4. The van der Waals surface area contributed by atoms with Crippen LogP contribution in [0.4, 0.5) is 18.9 Å². The summed E-state index contributed by atoms with van der Waals surface area (Å²) in [6.07, 6.45) is -0.585. The van der Waals surface area contributed by atoms with Gasteiger partial charge >= 0.3 is 6.18 Å². The number of hydrogen-bond donors (Lipinski definition) is 2. The van der Waals surface area contributed by atoms with Crippen molar-refractivity contribution < 1.29 is 18.0 Å². The molecule has 1 aromatic heterocycles. The Morgan fingerprint density at radius 3 is 2.51 bits per heavy atom. The molecule has 0 saturated heterocycles. The van der Waals surface area contributed by atoms with Crippen molar-refractivity contribution in [3.8, 4) is 6.07 Å². The molecule has 0 aliphatic carbocycles. The number of rotatable bonds is 12. The van der Waals surface area contributed by atoms with E-state index in [-0.39, 0.29) is 42.0 Å². The number of nitrogens with zero attached hydrogens (tertiary/aromatic N) is 4. The molecular formula is C34H33Cl2F3N6OS. The summed E-state index contributed by atoms with van der Waals surface area (Å²) in [6.45, 7) is 4.35. The maximum absolute atomic E-state index is 14.0. The van der Waals surface area contributed by atoms with Gasteiger partial charge in [-0.2, -0.15) is 18.4 Å². The zero-order valence-corrected chi connectivity index (χ0v) is 28.0. The number of imidazole rings is 1. The molecule has 0 aliphatic heterocycles. The van der Waals surface area contributed by atoms with Crippen molar-refractivity contribution in [2.75, 3.05) is 11.9 Å². The average Bonchev–Trinajstić information content (AvgIpc) is 3.47. The minimum atomic E-state index is -4.57. The highest BCUT2D eigenvalue weighted by molar-refractivity contribution is 7.80. The van der Waals surface area contributed by atoms with Gasteiger partial charge in [0.2, 0.25) is 5.91 Å². The molecule has 47 heavy (non-hydrogen) atoms. The summed E-state index contributed by atoms with van der Waals surface area (Å²) >= 11 is 18.1. The molecule has 0 unspecified atom stereocenters. The van der Waals surface area contributed by atoms with Crippen molar-refractivity contribution in [2.45, 2.75) is 52.0 Å². The van der Waals surface area contributed by atoms with Gasteiger partial charge in [0.25, 0.3) is 0 Å². The van der Waals surface area contributed by atoms with Crippen LogP contribution in [0.5, 0.6) is 0 Å². The van der Waals surface area contributed by atoms with Gasteiger partial charge in [-0.25, -0.2) is 4.98 Å². The number of carbonyl (C=O) groups excluding carboxylic acids is 1. The SMILES string of the molecule is CC[C@H](C)[C@@H](CN(Cc1ccccc1C(F)(F)F)C(=S)Nc1ccc(Cl)cc1Cl)NC(=O)Cc1cncn1Cc1ccc(C#N)cc1. The second-order valence-electron chi connectivity index (χ2n) is 11.1. The molecule has 4 aromatic rings. The Hall–Kier alpha value is -4.11. The van der Waals surface area contributed by atoms with Crippen LogP contribution in [0.3, 0.4) is 0 Å². The highest BCUT2D eigenvalue weighted by atomic mass is 35.5. The molecule has 2 atom stereocenters. The summed E-state index contributed by atoms with van der Waals surface area (Å²) < 4.78 is 43.8. The van der Waals surface area contributed by atoms with Crippen LogP contribution in [0.1, 0.15) is 48.2 Å². The van der Waals surface area contributed by atoms with Gasteiger partial charge in [0, 0.05) is 42.6 Å². The van der Waals surface area contributed by atoms with E-state index in [1.54, 1.807) is 47.8 Å². The predicted molar refractivity (Wildman–Crippen MR) is 182 cm³/mol. The molecule has 4 rings (SSSR count). The molecule has 0 radical (unpaired) electrons. The minimum absolute atomic E-state index is 0.0310. The molecule has 2 N–H and O–H groups in total. The monoisotopic (exact) mass is 700 g/mol. The lowest BCUT2D eigenvalue weighted by Gasteiger charge is -2.34. The third kappa shape index (κ3) is 9.94. The fourth-order valence-electron chi connectivity index (χ4n) is 4.98. The van der Waals surface area contributed by atoms with Crippen LogP contribution in [0.15, 0.2) is 79.3 Å². The Balaban J connectivity index is 1.56. The number of amides is 1. The summed E-state index contributed by atoms with van der Waals surface area (Å²) in [6, 6.07) is 18.9. The van der Waals surface area contributed by atoms with E-state index in [0.29, 0.717) is 40.0 Å². The van der Waals surface area contributed by atoms with Crippen molar-refractivity contribution in [1.82, 2.24) is 19.8 Å². The van der Waals surface area contributed by atoms with Crippen molar-refractivity contribution in [1.29, 1.82) is 5.26 Å². The van der Waals surface area contributed by atoms with Crippen molar-refractivity contribution in [3.05, 3.63) is 117 Å². The number of halogens is 5. The number of benzene rings is 3. The Morgan fingerprint density at radius 2 is 1.85 bits per heavy atom. The maximum Gasteiger partial charge on any atom is 0.416 e. The quantitative estimate of drug-likeness (QED) is 0.145. The summed E-state index contributed by atoms with van der Waals surface area (Å²) in [5.41, 5.74) is 1.88. The fraction of sp³-hybridized carbons (Fsp3) is 0.294. The van der Waals surface area contributed by atoms with Crippen LogP contribution >= 0.6 is 35.4 Å². The van der Waals surface area contributed by atoms with Gasteiger partial charge < -0.3 is 20.1 Å². The number of aromatic nitrogens is 2. The number of hydrogen-bond acceptors (Lipinski definition) is 4. The molecule has 0 aliphatic rings. The number of alkyl halides is 3.